The summed E-state index contributed by atoms with van der Waals surface area (Å²) >= 11 is 0. The van der Waals surface area contributed by atoms with Gasteiger partial charge in [-0.15, -0.1) is 0 Å². The normalized spacial score (nSPS) is 9.89. The number of nitriles is 1. The van der Waals surface area contributed by atoms with E-state index in [-0.39, 0.29) is 0 Å². The molecule has 88 valence electrons. The highest BCUT2D eigenvalue weighted by Crippen LogP contribution is 2.17. The van der Waals surface area contributed by atoms with Crippen molar-refractivity contribution in [1.82, 2.24) is 0 Å². The van der Waals surface area contributed by atoms with Crippen molar-refractivity contribution in [1.29, 1.82) is 5.26 Å². The summed E-state index contributed by atoms with van der Waals surface area (Å²) in [6, 6.07) is 14.0. The first kappa shape index (κ1) is 12.2. The summed E-state index contributed by atoms with van der Waals surface area (Å²) in [6.45, 7) is 4.33. The Morgan fingerprint density at radius 2 is 1.61 bits per heavy atom. The van der Waals surface area contributed by atoms with Gasteiger partial charge < -0.3 is 0 Å². The Hall–Kier alpha value is -2.25. The lowest BCUT2D eigenvalue weighted by Gasteiger charge is -1.99. The molecule has 18 heavy (non-hydrogen) atoms. The van der Waals surface area contributed by atoms with E-state index in [1.165, 1.54) is 0 Å². The van der Waals surface area contributed by atoms with Crippen molar-refractivity contribution in [3.63, 3.8) is 0 Å². The van der Waals surface area contributed by atoms with Gasteiger partial charge in [-0.1, -0.05) is 37.8 Å². The second-order valence-electron chi connectivity index (χ2n) is 4.79. The van der Waals surface area contributed by atoms with Crippen LogP contribution in [0.3, 0.4) is 0 Å². The fourth-order valence-corrected chi connectivity index (χ4v) is 1.75. The molecule has 0 amide bonds. The molecule has 2 aromatic rings. The maximum Gasteiger partial charge on any atom is 0.0991 e. The van der Waals surface area contributed by atoms with Crippen LogP contribution in [0.25, 0.3) is 10.8 Å². The van der Waals surface area contributed by atoms with Crippen molar-refractivity contribution in [3.05, 3.63) is 47.5 Å². The third-order valence-electron chi connectivity index (χ3n) is 2.71. The van der Waals surface area contributed by atoms with Crippen molar-refractivity contribution in [2.45, 2.75) is 20.3 Å². The zero-order valence-electron chi connectivity index (χ0n) is 10.7. The lowest BCUT2D eigenvalue weighted by molar-refractivity contribution is 0.676. The molecule has 0 radical (unpaired) electrons. The second kappa shape index (κ2) is 5.39. The van der Waals surface area contributed by atoms with Crippen molar-refractivity contribution in [3.8, 4) is 17.9 Å². The van der Waals surface area contributed by atoms with E-state index in [9.17, 15) is 0 Å². The first-order valence-corrected chi connectivity index (χ1v) is 6.12. The van der Waals surface area contributed by atoms with Crippen LogP contribution in [-0.4, -0.2) is 0 Å². The van der Waals surface area contributed by atoms with Crippen molar-refractivity contribution < 1.29 is 0 Å². The molecule has 0 bridgehead atoms. The second-order valence-corrected chi connectivity index (χ2v) is 4.79. The Balaban J connectivity index is 2.33. The molecule has 0 N–H and O–H groups in total. The third-order valence-corrected chi connectivity index (χ3v) is 2.71. The van der Waals surface area contributed by atoms with Crippen LogP contribution in [0, 0.1) is 29.1 Å². The largest absolute Gasteiger partial charge is 0.192 e. The van der Waals surface area contributed by atoms with Crippen LogP contribution in [0.4, 0.5) is 0 Å². The maximum atomic E-state index is 8.85. The fourth-order valence-electron chi connectivity index (χ4n) is 1.75. The molecular formula is C17H15N. The minimum absolute atomic E-state index is 0.608. The summed E-state index contributed by atoms with van der Waals surface area (Å²) in [5, 5.41) is 11.1. The van der Waals surface area contributed by atoms with E-state index in [4.69, 9.17) is 5.26 Å². The van der Waals surface area contributed by atoms with Crippen LogP contribution < -0.4 is 0 Å². The van der Waals surface area contributed by atoms with E-state index >= 15 is 0 Å². The summed E-state index contributed by atoms with van der Waals surface area (Å²) in [6.07, 6.45) is 0.922. The minimum atomic E-state index is 0.608. The summed E-state index contributed by atoms with van der Waals surface area (Å²) in [4.78, 5) is 0. The molecule has 0 aliphatic heterocycles. The van der Waals surface area contributed by atoms with Gasteiger partial charge in [-0.25, -0.2) is 0 Å². The summed E-state index contributed by atoms with van der Waals surface area (Å²) in [5.41, 5.74) is 1.73. The van der Waals surface area contributed by atoms with E-state index in [1.54, 1.807) is 0 Å². The van der Waals surface area contributed by atoms with Crippen LogP contribution in [0.15, 0.2) is 36.4 Å². The average Bonchev–Trinajstić information content (AvgIpc) is 2.37. The van der Waals surface area contributed by atoms with Gasteiger partial charge >= 0.3 is 0 Å². The van der Waals surface area contributed by atoms with Crippen molar-refractivity contribution in [2.24, 2.45) is 5.92 Å². The molecule has 0 aliphatic rings. The van der Waals surface area contributed by atoms with E-state index in [2.05, 4.69) is 37.8 Å². The van der Waals surface area contributed by atoms with Gasteiger partial charge in [-0.05, 0) is 41.0 Å². The van der Waals surface area contributed by atoms with Crippen LogP contribution >= 0.6 is 0 Å². The Morgan fingerprint density at radius 1 is 1.00 bits per heavy atom. The van der Waals surface area contributed by atoms with Crippen LogP contribution in [0.5, 0.6) is 0 Å². The molecule has 0 saturated carbocycles. The molecule has 0 fully saturated rings. The molecule has 0 spiro atoms. The smallest absolute Gasteiger partial charge is 0.0991 e. The lowest BCUT2D eigenvalue weighted by Crippen LogP contribution is -1.83. The first-order chi connectivity index (χ1) is 8.69. The number of benzene rings is 2. The Bertz CT molecular complexity index is 663. The predicted molar refractivity (Wildman–Crippen MR) is 75.0 cm³/mol. The molecule has 1 heteroatoms. The molecule has 0 saturated heterocycles. The SMILES string of the molecule is CC(C)CC#Cc1ccc2cc(C#N)ccc2c1. The molecule has 0 heterocycles. The standard InChI is InChI=1S/C17H15N/c1-13(2)4-3-5-14-6-8-17-11-15(12-18)7-9-16(17)10-14/h6-11,13H,4H2,1-2H3. The molecule has 0 aromatic heterocycles. The predicted octanol–water partition coefficient (Wildman–Crippen LogP) is 4.11. The number of fused-ring (bicyclic) bond motifs is 1. The molecule has 0 aliphatic carbocycles. The highest BCUT2D eigenvalue weighted by atomic mass is 14.2. The van der Waals surface area contributed by atoms with Crippen LogP contribution in [0.1, 0.15) is 31.4 Å². The molecule has 1 nitrogen and oxygen atoms in total. The van der Waals surface area contributed by atoms with E-state index < -0.39 is 0 Å². The zero-order chi connectivity index (χ0) is 13.0. The highest BCUT2D eigenvalue weighted by Gasteiger charge is 1.96. The third kappa shape index (κ3) is 2.90. The molecule has 0 unspecified atom stereocenters. The van der Waals surface area contributed by atoms with E-state index in [0.29, 0.717) is 11.5 Å². The van der Waals surface area contributed by atoms with Gasteiger partial charge in [-0.2, -0.15) is 5.26 Å². The molecule has 2 aromatic carbocycles. The Morgan fingerprint density at radius 3 is 2.22 bits per heavy atom. The average molecular weight is 233 g/mol. The van der Waals surface area contributed by atoms with Crippen molar-refractivity contribution in [2.75, 3.05) is 0 Å². The van der Waals surface area contributed by atoms with Gasteiger partial charge in [0.15, 0.2) is 0 Å². The topological polar surface area (TPSA) is 23.8 Å². The number of hydrogen-bond acceptors (Lipinski definition) is 1. The zero-order valence-corrected chi connectivity index (χ0v) is 10.7. The van der Waals surface area contributed by atoms with Gasteiger partial charge in [0.05, 0.1) is 11.6 Å². The fraction of sp³-hybridized carbons (Fsp3) is 0.235. The maximum absolute atomic E-state index is 8.85. The Labute approximate surface area is 108 Å². The van der Waals surface area contributed by atoms with Gasteiger partial charge in [-0.3, -0.25) is 0 Å². The summed E-state index contributed by atoms with van der Waals surface area (Å²) in [7, 11) is 0. The first-order valence-electron chi connectivity index (χ1n) is 6.12. The summed E-state index contributed by atoms with van der Waals surface area (Å²) < 4.78 is 0. The minimum Gasteiger partial charge on any atom is -0.192 e. The quantitative estimate of drug-likeness (QED) is 0.680. The Kier molecular flexibility index (Phi) is 3.66. The van der Waals surface area contributed by atoms with Gasteiger partial charge in [0.25, 0.3) is 0 Å². The van der Waals surface area contributed by atoms with Crippen molar-refractivity contribution >= 4 is 10.8 Å². The summed E-state index contributed by atoms with van der Waals surface area (Å²) in [5.74, 6) is 6.98. The van der Waals surface area contributed by atoms with Gasteiger partial charge in [0, 0.05) is 12.0 Å². The molecule has 0 atom stereocenters. The monoisotopic (exact) mass is 233 g/mol. The molecule has 2 rings (SSSR count). The van der Waals surface area contributed by atoms with Crippen LogP contribution in [-0.2, 0) is 0 Å². The number of rotatable bonds is 1. The van der Waals surface area contributed by atoms with Gasteiger partial charge in [0.2, 0.25) is 0 Å². The molecular weight excluding hydrogens is 218 g/mol. The number of hydrogen-bond donors (Lipinski definition) is 0. The highest BCUT2D eigenvalue weighted by molar-refractivity contribution is 5.85. The lowest BCUT2D eigenvalue weighted by atomic mass is 10.0. The van der Waals surface area contributed by atoms with E-state index in [0.717, 1.165) is 22.8 Å². The van der Waals surface area contributed by atoms with Gasteiger partial charge in [0.1, 0.15) is 0 Å². The van der Waals surface area contributed by atoms with Crippen LogP contribution in [0.2, 0.25) is 0 Å². The number of nitrogens with zero attached hydrogens (tertiary/aromatic N) is 1. The van der Waals surface area contributed by atoms with E-state index in [1.807, 2.05) is 30.3 Å².